The number of rotatable bonds is 11. The van der Waals surface area contributed by atoms with Gasteiger partial charge in [0.05, 0.1) is 18.3 Å². The summed E-state index contributed by atoms with van der Waals surface area (Å²) in [6.45, 7) is 6.00. The summed E-state index contributed by atoms with van der Waals surface area (Å²) in [7, 11) is 1.55. The van der Waals surface area contributed by atoms with E-state index in [0.717, 1.165) is 25.0 Å². The molecule has 2 aromatic heterocycles. The summed E-state index contributed by atoms with van der Waals surface area (Å²) in [5.41, 5.74) is 1.82. The Morgan fingerprint density at radius 1 is 1.23 bits per heavy atom. The van der Waals surface area contributed by atoms with E-state index in [-0.39, 0.29) is 18.2 Å². The Morgan fingerprint density at radius 2 is 2.07 bits per heavy atom. The van der Waals surface area contributed by atoms with E-state index in [1.54, 1.807) is 49.3 Å². The van der Waals surface area contributed by atoms with Gasteiger partial charge in [-0.05, 0) is 44.4 Å². The molecule has 0 spiro atoms. The smallest absolute Gasteiger partial charge is 0.273 e. The third-order valence-corrected chi connectivity index (χ3v) is 3.99. The maximum Gasteiger partial charge on any atom is 0.273 e. The van der Waals surface area contributed by atoms with Gasteiger partial charge >= 0.3 is 0 Å². The van der Waals surface area contributed by atoms with Crippen LogP contribution in [0.4, 0.5) is 5.82 Å². The third kappa shape index (κ3) is 7.74. The van der Waals surface area contributed by atoms with Gasteiger partial charge in [0.1, 0.15) is 0 Å². The van der Waals surface area contributed by atoms with Gasteiger partial charge in [-0.3, -0.25) is 19.3 Å². The first-order chi connectivity index (χ1) is 14.5. The van der Waals surface area contributed by atoms with Crippen LogP contribution in [-0.2, 0) is 17.8 Å². The Bertz CT molecular complexity index is 915. The lowest BCUT2D eigenvalue weighted by Crippen LogP contribution is -2.18. The lowest BCUT2D eigenvalue weighted by Gasteiger charge is -2.05. The molecule has 0 fully saturated rings. The molecular formula is C20H26N8O2. The molecule has 0 aliphatic carbocycles. The first-order valence-corrected chi connectivity index (χ1v) is 9.57. The number of unbranched alkanes of at least 4 members (excludes halogenated alkanes) is 1. The number of allylic oxidation sites excluding steroid dienone is 2. The van der Waals surface area contributed by atoms with Crippen LogP contribution in [0.25, 0.3) is 0 Å². The Labute approximate surface area is 175 Å². The first kappa shape index (κ1) is 22.6. The second kappa shape index (κ2) is 12.0. The molecule has 2 rings (SSSR count). The van der Waals surface area contributed by atoms with E-state index in [4.69, 9.17) is 0 Å². The van der Waals surface area contributed by atoms with Crippen molar-refractivity contribution in [3.63, 3.8) is 0 Å². The highest BCUT2D eigenvalue weighted by Gasteiger charge is 2.08. The molecule has 10 nitrogen and oxygen atoms in total. The summed E-state index contributed by atoms with van der Waals surface area (Å²) in [5, 5.41) is 21.2. The molecule has 2 N–H and O–H groups in total. The monoisotopic (exact) mass is 410 g/mol. The summed E-state index contributed by atoms with van der Waals surface area (Å²) in [6, 6.07) is 3.58. The van der Waals surface area contributed by atoms with Crippen molar-refractivity contribution >= 4 is 23.3 Å². The Kier molecular flexibility index (Phi) is 9.04. The summed E-state index contributed by atoms with van der Waals surface area (Å²) < 4.78 is 1.65. The minimum Gasteiger partial charge on any atom is -0.354 e. The largest absolute Gasteiger partial charge is 0.354 e. The number of nitrogens with zero attached hydrogens (tertiary/aromatic N) is 6. The molecular weight excluding hydrogens is 384 g/mol. The molecule has 0 bridgehead atoms. The second-order valence-electron chi connectivity index (χ2n) is 6.48. The summed E-state index contributed by atoms with van der Waals surface area (Å²) in [6.07, 6.45) is 9.19. The zero-order chi connectivity index (χ0) is 21.8. The van der Waals surface area contributed by atoms with Gasteiger partial charge in [0.2, 0.25) is 5.91 Å². The fraction of sp³-hybridized carbons (Fsp3) is 0.350. The van der Waals surface area contributed by atoms with Crippen LogP contribution in [0.15, 0.2) is 48.3 Å². The topological polar surface area (TPSA) is 127 Å². The number of carbonyl (C=O) groups excluding carboxylic acids is 2. The van der Waals surface area contributed by atoms with E-state index in [9.17, 15) is 9.59 Å². The van der Waals surface area contributed by atoms with Crippen molar-refractivity contribution < 1.29 is 9.59 Å². The van der Waals surface area contributed by atoms with Crippen LogP contribution < -0.4 is 10.6 Å². The van der Waals surface area contributed by atoms with Crippen molar-refractivity contribution in [1.29, 1.82) is 0 Å². The van der Waals surface area contributed by atoms with E-state index < -0.39 is 0 Å². The van der Waals surface area contributed by atoms with Crippen LogP contribution in [0.5, 0.6) is 0 Å². The van der Waals surface area contributed by atoms with Gasteiger partial charge in [0.15, 0.2) is 11.5 Å². The van der Waals surface area contributed by atoms with Crippen LogP contribution in [0.1, 0.15) is 42.4 Å². The number of aromatic nitrogens is 5. The van der Waals surface area contributed by atoms with Gasteiger partial charge in [-0.25, -0.2) is 0 Å². The molecule has 0 saturated carbocycles. The molecule has 2 aromatic rings. The van der Waals surface area contributed by atoms with Crippen LogP contribution in [0.3, 0.4) is 0 Å². The molecule has 0 aliphatic rings. The maximum absolute atomic E-state index is 12.0. The van der Waals surface area contributed by atoms with E-state index >= 15 is 0 Å². The minimum absolute atomic E-state index is 0.175. The molecule has 0 unspecified atom stereocenters. The van der Waals surface area contributed by atoms with Crippen LogP contribution in [-0.4, -0.2) is 49.8 Å². The quantitative estimate of drug-likeness (QED) is 0.331. The molecule has 0 radical (unpaired) electrons. The van der Waals surface area contributed by atoms with Crippen molar-refractivity contribution in [2.45, 2.75) is 39.2 Å². The highest BCUT2D eigenvalue weighted by atomic mass is 16.2. The van der Waals surface area contributed by atoms with E-state index in [2.05, 4.69) is 42.7 Å². The predicted molar refractivity (Wildman–Crippen MR) is 114 cm³/mol. The number of aryl methyl sites for hydroxylation is 2. The number of nitrogens with one attached hydrogen (secondary N) is 2. The Morgan fingerprint density at radius 3 is 2.77 bits per heavy atom. The molecule has 2 heterocycles. The van der Waals surface area contributed by atoms with Crippen molar-refractivity contribution in [2.75, 3.05) is 12.4 Å². The highest BCUT2D eigenvalue weighted by Crippen LogP contribution is 2.07. The van der Waals surface area contributed by atoms with Crippen LogP contribution in [0.2, 0.25) is 0 Å². The SMILES string of the molecule is C=C/C=C\N=C(C)CC(=O)Nc1ccc(CCCCn2cc(C(=O)NC)nn2)nn1. The zero-order valence-electron chi connectivity index (χ0n) is 17.2. The Hall–Kier alpha value is -3.69. The zero-order valence-corrected chi connectivity index (χ0v) is 17.2. The van der Waals surface area contributed by atoms with E-state index in [1.165, 1.54) is 0 Å². The summed E-state index contributed by atoms with van der Waals surface area (Å²) in [4.78, 5) is 27.6. The molecule has 158 valence electrons. The third-order valence-electron chi connectivity index (χ3n) is 3.99. The molecule has 0 saturated heterocycles. The molecule has 0 atom stereocenters. The standard InChI is InChI=1S/C20H26N8O2/c1-4-5-11-22-15(2)13-19(29)23-18-10-9-16(24-26-18)8-6-7-12-28-14-17(25-27-28)20(30)21-3/h4-5,9-11,14H,1,6-8,12-13H2,2-3H3,(H,21,30)(H,23,26,29)/b11-5-,22-15?. The highest BCUT2D eigenvalue weighted by molar-refractivity contribution is 6.05. The van der Waals surface area contributed by atoms with Gasteiger partial charge in [0, 0.05) is 25.5 Å². The Balaban J connectivity index is 1.72. The lowest BCUT2D eigenvalue weighted by molar-refractivity contribution is -0.115. The van der Waals surface area contributed by atoms with E-state index in [0.29, 0.717) is 23.8 Å². The maximum atomic E-state index is 12.0. The lowest BCUT2D eigenvalue weighted by atomic mass is 10.2. The van der Waals surface area contributed by atoms with Gasteiger partial charge in [0.25, 0.3) is 5.91 Å². The van der Waals surface area contributed by atoms with Gasteiger partial charge in [-0.1, -0.05) is 17.9 Å². The molecule has 10 heteroatoms. The molecule has 2 amide bonds. The number of anilines is 1. The number of hydrogen-bond donors (Lipinski definition) is 2. The number of carbonyl (C=O) groups is 2. The van der Waals surface area contributed by atoms with Crippen molar-refractivity contribution in [3.05, 3.63) is 54.6 Å². The fourth-order valence-corrected chi connectivity index (χ4v) is 2.48. The predicted octanol–water partition coefficient (Wildman–Crippen LogP) is 1.94. The van der Waals surface area contributed by atoms with Crippen molar-refractivity contribution in [3.8, 4) is 0 Å². The fourth-order valence-electron chi connectivity index (χ4n) is 2.48. The molecule has 30 heavy (non-hydrogen) atoms. The van der Waals surface area contributed by atoms with Gasteiger partial charge < -0.3 is 10.6 Å². The van der Waals surface area contributed by atoms with Crippen LogP contribution >= 0.6 is 0 Å². The molecule has 0 aliphatic heterocycles. The summed E-state index contributed by atoms with van der Waals surface area (Å²) in [5.74, 6) is -0.0486. The number of aliphatic imine (C=N–C) groups is 1. The average Bonchev–Trinajstić information content (AvgIpc) is 3.21. The van der Waals surface area contributed by atoms with E-state index in [1.807, 2.05) is 6.07 Å². The van der Waals surface area contributed by atoms with Crippen molar-refractivity contribution in [1.82, 2.24) is 30.5 Å². The summed E-state index contributed by atoms with van der Waals surface area (Å²) >= 11 is 0. The molecule has 0 aromatic carbocycles. The second-order valence-corrected chi connectivity index (χ2v) is 6.48. The van der Waals surface area contributed by atoms with Crippen LogP contribution in [0, 0.1) is 0 Å². The number of hydrogen-bond acceptors (Lipinski definition) is 7. The van der Waals surface area contributed by atoms with Gasteiger partial charge in [-0.15, -0.1) is 10.2 Å². The number of amides is 2. The van der Waals surface area contributed by atoms with Crippen molar-refractivity contribution in [2.24, 2.45) is 4.99 Å². The normalized spacial score (nSPS) is 11.5. The minimum atomic E-state index is -0.254. The average molecular weight is 410 g/mol. The first-order valence-electron chi connectivity index (χ1n) is 9.57. The van der Waals surface area contributed by atoms with Gasteiger partial charge in [-0.2, -0.15) is 5.10 Å².